The molecule has 2 heterocycles. The summed E-state index contributed by atoms with van der Waals surface area (Å²) in [5, 5.41) is 9.02. The number of allylic oxidation sites excluding steroid dienone is 1. The Morgan fingerprint density at radius 2 is 1.67 bits per heavy atom. The Labute approximate surface area is 166 Å². The lowest BCUT2D eigenvalue weighted by atomic mass is 9.88. The number of nitrogens with zero attached hydrogens (tertiary/aromatic N) is 2. The summed E-state index contributed by atoms with van der Waals surface area (Å²) >= 11 is 12.1. The van der Waals surface area contributed by atoms with Gasteiger partial charge < -0.3 is 11.1 Å². The van der Waals surface area contributed by atoms with Crippen LogP contribution in [0.15, 0.2) is 60.8 Å². The van der Waals surface area contributed by atoms with Gasteiger partial charge in [-0.15, -0.1) is 0 Å². The van der Waals surface area contributed by atoms with Crippen LogP contribution in [0.2, 0.25) is 10.0 Å². The summed E-state index contributed by atoms with van der Waals surface area (Å²) in [6, 6.07) is 15.0. The lowest BCUT2D eigenvalue weighted by Gasteiger charge is -2.35. The van der Waals surface area contributed by atoms with E-state index < -0.39 is 11.4 Å². The highest BCUT2D eigenvalue weighted by molar-refractivity contribution is 6.30. The molecule has 0 bridgehead atoms. The maximum Gasteiger partial charge on any atom is 0.254 e. The van der Waals surface area contributed by atoms with E-state index in [0.717, 1.165) is 16.8 Å². The quantitative estimate of drug-likeness (QED) is 0.680. The molecule has 1 aromatic heterocycles. The number of fused-ring (bicyclic) bond motifs is 1. The van der Waals surface area contributed by atoms with Gasteiger partial charge in [-0.05, 0) is 48.4 Å². The normalized spacial score (nSPS) is 18.4. The lowest BCUT2D eigenvalue weighted by molar-refractivity contribution is 0.100. The van der Waals surface area contributed by atoms with Crippen molar-refractivity contribution < 1.29 is 4.79 Å². The van der Waals surface area contributed by atoms with Crippen LogP contribution < -0.4 is 11.1 Å². The maximum atomic E-state index is 11.9. The van der Waals surface area contributed by atoms with E-state index in [0.29, 0.717) is 21.4 Å². The first-order valence-corrected chi connectivity index (χ1v) is 9.04. The molecule has 0 fully saturated rings. The minimum Gasteiger partial charge on any atom is -0.365 e. The molecule has 27 heavy (non-hydrogen) atoms. The lowest BCUT2D eigenvalue weighted by Crippen LogP contribution is -2.36. The van der Waals surface area contributed by atoms with Crippen molar-refractivity contribution in [2.24, 2.45) is 5.73 Å². The fourth-order valence-electron chi connectivity index (χ4n) is 3.28. The molecule has 0 aliphatic carbocycles. The number of carbonyl (C=O) groups is 1. The predicted octanol–water partition coefficient (Wildman–Crippen LogP) is 4.52. The Balaban J connectivity index is 1.93. The van der Waals surface area contributed by atoms with Crippen LogP contribution in [0.1, 0.15) is 28.4 Å². The van der Waals surface area contributed by atoms with Gasteiger partial charge in [-0.3, -0.25) is 4.79 Å². The molecule has 0 saturated heterocycles. The van der Waals surface area contributed by atoms with Crippen molar-refractivity contribution in [3.8, 4) is 0 Å². The number of primary amides is 1. The molecule has 1 unspecified atom stereocenters. The predicted molar refractivity (Wildman–Crippen MR) is 108 cm³/mol. The summed E-state index contributed by atoms with van der Waals surface area (Å²) in [6.07, 6.45) is 3.54. The number of halogens is 2. The SMILES string of the molecule is CC1(c2ccc(Cl)cc2)C=C(c2ccc(Cl)cc2)Nc2c(C(N)=O)cnn21. The third-order valence-corrected chi connectivity index (χ3v) is 5.24. The summed E-state index contributed by atoms with van der Waals surface area (Å²) in [5.41, 5.74) is 7.97. The summed E-state index contributed by atoms with van der Waals surface area (Å²) in [5.74, 6) is 0.00645. The average molecular weight is 399 g/mol. The van der Waals surface area contributed by atoms with Crippen molar-refractivity contribution in [2.45, 2.75) is 12.5 Å². The number of hydrogen-bond acceptors (Lipinski definition) is 3. The topological polar surface area (TPSA) is 72.9 Å². The van der Waals surface area contributed by atoms with Crippen molar-refractivity contribution in [1.29, 1.82) is 0 Å². The molecule has 0 radical (unpaired) electrons. The van der Waals surface area contributed by atoms with Crippen molar-refractivity contribution >= 4 is 40.6 Å². The van der Waals surface area contributed by atoms with Gasteiger partial charge in [0, 0.05) is 15.7 Å². The maximum absolute atomic E-state index is 11.9. The van der Waals surface area contributed by atoms with Crippen molar-refractivity contribution in [2.75, 3.05) is 5.32 Å². The Bertz CT molecular complexity index is 1050. The third kappa shape index (κ3) is 2.99. The highest BCUT2D eigenvalue weighted by Gasteiger charge is 2.36. The van der Waals surface area contributed by atoms with Crippen molar-refractivity contribution in [3.05, 3.63) is 87.5 Å². The summed E-state index contributed by atoms with van der Waals surface area (Å²) in [6.45, 7) is 2.02. The highest BCUT2D eigenvalue weighted by atomic mass is 35.5. The molecular weight excluding hydrogens is 383 g/mol. The second-order valence-corrected chi connectivity index (χ2v) is 7.40. The number of nitrogens with one attached hydrogen (secondary N) is 1. The van der Waals surface area contributed by atoms with E-state index in [1.54, 1.807) is 4.68 Å². The molecule has 5 nitrogen and oxygen atoms in total. The standard InChI is InChI=1S/C20H16Cl2N4O/c1-20(13-4-8-15(22)9-5-13)10-17(12-2-6-14(21)7-3-12)25-19-16(18(23)27)11-24-26(19)20/h2-11,25H,1H3,(H2,23,27). The van der Waals surface area contributed by atoms with Crippen molar-refractivity contribution in [1.82, 2.24) is 9.78 Å². The van der Waals surface area contributed by atoms with Gasteiger partial charge in [0.1, 0.15) is 16.9 Å². The average Bonchev–Trinajstić information content (AvgIpc) is 3.08. The third-order valence-electron chi connectivity index (χ3n) is 4.74. The first-order chi connectivity index (χ1) is 12.9. The van der Waals surface area contributed by atoms with E-state index in [1.807, 2.05) is 55.5 Å². The van der Waals surface area contributed by atoms with Gasteiger partial charge in [0.15, 0.2) is 0 Å². The van der Waals surface area contributed by atoms with E-state index in [9.17, 15) is 4.79 Å². The number of aromatic nitrogens is 2. The largest absolute Gasteiger partial charge is 0.365 e. The number of rotatable bonds is 3. The van der Waals surface area contributed by atoms with E-state index in [1.165, 1.54) is 6.20 Å². The van der Waals surface area contributed by atoms with Gasteiger partial charge in [-0.25, -0.2) is 4.68 Å². The number of anilines is 1. The molecule has 0 saturated carbocycles. The number of hydrogen-bond donors (Lipinski definition) is 2. The number of carbonyl (C=O) groups excluding carboxylic acids is 1. The fraction of sp³-hybridized carbons (Fsp3) is 0.100. The highest BCUT2D eigenvalue weighted by Crippen LogP contribution is 2.39. The van der Waals surface area contributed by atoms with Gasteiger partial charge in [-0.1, -0.05) is 47.5 Å². The minimum atomic E-state index is -0.645. The molecule has 2 aromatic carbocycles. The molecule has 136 valence electrons. The zero-order chi connectivity index (χ0) is 19.2. The number of benzene rings is 2. The Kier molecular flexibility index (Phi) is 4.21. The van der Waals surface area contributed by atoms with Gasteiger partial charge in [0.05, 0.1) is 6.20 Å². The molecule has 3 N–H and O–H groups in total. The molecule has 1 aliphatic rings. The second kappa shape index (κ2) is 6.44. The number of nitrogens with two attached hydrogens (primary N) is 1. The molecule has 1 atom stereocenters. The first kappa shape index (κ1) is 17.6. The Morgan fingerprint density at radius 1 is 1.07 bits per heavy atom. The van der Waals surface area contributed by atoms with Crippen LogP contribution in [-0.2, 0) is 5.54 Å². The van der Waals surface area contributed by atoms with E-state index in [2.05, 4.69) is 16.5 Å². The van der Waals surface area contributed by atoms with Crippen LogP contribution in [0.25, 0.3) is 5.70 Å². The Morgan fingerprint density at radius 3 is 2.26 bits per heavy atom. The molecule has 3 aromatic rings. The summed E-state index contributed by atoms with van der Waals surface area (Å²) in [7, 11) is 0. The summed E-state index contributed by atoms with van der Waals surface area (Å²) in [4.78, 5) is 11.9. The number of amides is 1. The molecule has 7 heteroatoms. The molecule has 0 spiro atoms. The van der Waals surface area contributed by atoms with E-state index >= 15 is 0 Å². The minimum absolute atomic E-state index is 0.328. The first-order valence-electron chi connectivity index (χ1n) is 8.28. The Hall–Kier alpha value is -2.76. The smallest absolute Gasteiger partial charge is 0.254 e. The fourth-order valence-corrected chi connectivity index (χ4v) is 3.54. The molecule has 4 rings (SSSR count). The van der Waals surface area contributed by atoms with Gasteiger partial charge >= 0.3 is 0 Å². The zero-order valence-corrected chi connectivity index (χ0v) is 15.9. The van der Waals surface area contributed by atoms with Crippen LogP contribution in [0.4, 0.5) is 5.82 Å². The van der Waals surface area contributed by atoms with Gasteiger partial charge in [-0.2, -0.15) is 5.10 Å². The van der Waals surface area contributed by atoms with Crippen molar-refractivity contribution in [3.63, 3.8) is 0 Å². The van der Waals surface area contributed by atoms with E-state index in [-0.39, 0.29) is 0 Å². The van der Waals surface area contributed by atoms with Crippen LogP contribution in [0, 0.1) is 0 Å². The van der Waals surface area contributed by atoms with Gasteiger partial charge in [0.2, 0.25) is 0 Å². The molecule has 1 amide bonds. The zero-order valence-electron chi connectivity index (χ0n) is 14.4. The van der Waals surface area contributed by atoms with Crippen LogP contribution >= 0.6 is 23.2 Å². The van der Waals surface area contributed by atoms with Gasteiger partial charge in [0.25, 0.3) is 5.91 Å². The van der Waals surface area contributed by atoms with Crippen LogP contribution in [0.5, 0.6) is 0 Å². The monoisotopic (exact) mass is 398 g/mol. The summed E-state index contributed by atoms with van der Waals surface area (Å²) < 4.78 is 1.76. The van der Waals surface area contributed by atoms with E-state index in [4.69, 9.17) is 28.9 Å². The van der Waals surface area contributed by atoms with Crippen LogP contribution in [-0.4, -0.2) is 15.7 Å². The second-order valence-electron chi connectivity index (χ2n) is 6.53. The molecule has 1 aliphatic heterocycles. The molecular formula is C20H16Cl2N4O. The van der Waals surface area contributed by atoms with Crippen LogP contribution in [0.3, 0.4) is 0 Å².